The molecular weight excluding hydrogens is 260 g/mol. The Labute approximate surface area is 129 Å². The van der Waals surface area contributed by atoms with E-state index < -0.39 is 0 Å². The van der Waals surface area contributed by atoms with E-state index in [2.05, 4.69) is 6.92 Å². The van der Waals surface area contributed by atoms with Gasteiger partial charge in [-0.1, -0.05) is 19.8 Å². The Morgan fingerprint density at radius 3 is 2.14 bits per heavy atom. The van der Waals surface area contributed by atoms with E-state index in [9.17, 15) is 5.11 Å². The fraction of sp³-hybridized carbons (Fsp3) is 1.00. The summed E-state index contributed by atoms with van der Waals surface area (Å²) in [5.41, 5.74) is 0.229. The number of aliphatic hydroxyl groups is 1. The van der Waals surface area contributed by atoms with Gasteiger partial charge in [0.15, 0.2) is 0 Å². The van der Waals surface area contributed by atoms with E-state index in [0.717, 1.165) is 17.8 Å². The highest BCUT2D eigenvalue weighted by Crippen LogP contribution is 2.61. The van der Waals surface area contributed by atoms with E-state index >= 15 is 0 Å². The molecule has 3 atom stereocenters. The Hall–Kier alpha value is -0.0800. The molecule has 5 aliphatic carbocycles. The summed E-state index contributed by atoms with van der Waals surface area (Å²) < 4.78 is 6.20. The van der Waals surface area contributed by atoms with Crippen LogP contribution in [0.4, 0.5) is 0 Å². The van der Waals surface area contributed by atoms with E-state index in [-0.39, 0.29) is 11.5 Å². The number of aliphatic hydroxyl groups excluding tert-OH is 1. The second kappa shape index (κ2) is 5.53. The third-order valence-electron chi connectivity index (χ3n) is 7.29. The maximum absolute atomic E-state index is 10.9. The van der Waals surface area contributed by atoms with Gasteiger partial charge in [-0.2, -0.15) is 0 Å². The van der Waals surface area contributed by atoms with Gasteiger partial charge < -0.3 is 9.84 Å². The normalized spacial score (nSPS) is 50.3. The minimum Gasteiger partial charge on any atom is -0.390 e. The largest absolute Gasteiger partial charge is 0.390 e. The van der Waals surface area contributed by atoms with Crippen LogP contribution in [-0.2, 0) is 4.74 Å². The van der Waals surface area contributed by atoms with Crippen molar-refractivity contribution in [2.75, 3.05) is 6.61 Å². The zero-order valence-corrected chi connectivity index (χ0v) is 13.6. The first-order valence-electron chi connectivity index (χ1n) is 9.44. The zero-order valence-electron chi connectivity index (χ0n) is 13.6. The lowest BCUT2D eigenvalue weighted by molar-refractivity contribution is -0.152. The Balaban J connectivity index is 1.37. The van der Waals surface area contributed by atoms with Gasteiger partial charge in [0.1, 0.15) is 0 Å². The SMILES string of the molecule is CC1CCCCC1OCC(O)C12CC3CC(CC(C3)C1)C2. The fourth-order valence-electron chi connectivity index (χ4n) is 6.51. The minimum atomic E-state index is -0.208. The Kier molecular flexibility index (Phi) is 3.82. The first kappa shape index (κ1) is 14.5. The smallest absolute Gasteiger partial charge is 0.0830 e. The monoisotopic (exact) mass is 292 g/mol. The standard InChI is InChI=1S/C19H32O2/c1-13-4-2-3-5-17(13)21-12-18(20)19-9-14-6-15(10-19)8-16(7-14)11-19/h13-18,20H,2-12H2,1H3. The van der Waals surface area contributed by atoms with Crippen LogP contribution in [0.2, 0.25) is 0 Å². The van der Waals surface area contributed by atoms with Crippen LogP contribution >= 0.6 is 0 Å². The van der Waals surface area contributed by atoms with Crippen molar-refractivity contribution in [1.82, 2.24) is 0 Å². The first-order valence-corrected chi connectivity index (χ1v) is 9.44. The van der Waals surface area contributed by atoms with Gasteiger partial charge in [-0.15, -0.1) is 0 Å². The first-order chi connectivity index (χ1) is 10.1. The molecule has 5 saturated carbocycles. The van der Waals surface area contributed by atoms with Crippen LogP contribution in [0.3, 0.4) is 0 Å². The molecule has 120 valence electrons. The third-order valence-corrected chi connectivity index (χ3v) is 7.29. The molecule has 0 saturated heterocycles. The van der Waals surface area contributed by atoms with E-state index in [0.29, 0.717) is 18.6 Å². The quantitative estimate of drug-likeness (QED) is 0.843. The summed E-state index contributed by atoms with van der Waals surface area (Å²) >= 11 is 0. The van der Waals surface area contributed by atoms with Crippen LogP contribution in [0.25, 0.3) is 0 Å². The molecule has 0 aromatic rings. The fourth-order valence-corrected chi connectivity index (χ4v) is 6.51. The Bertz CT molecular complexity index is 342. The highest BCUT2D eigenvalue weighted by molar-refractivity contribution is 5.04. The van der Waals surface area contributed by atoms with Gasteiger partial charge in [-0.05, 0) is 80.5 Å². The second-order valence-electron chi connectivity index (χ2n) is 8.93. The highest BCUT2D eigenvalue weighted by Gasteiger charge is 2.54. The van der Waals surface area contributed by atoms with Crippen LogP contribution in [0, 0.1) is 29.1 Å². The van der Waals surface area contributed by atoms with Gasteiger partial charge in [-0.25, -0.2) is 0 Å². The molecule has 21 heavy (non-hydrogen) atoms. The van der Waals surface area contributed by atoms with Gasteiger partial charge >= 0.3 is 0 Å². The summed E-state index contributed by atoms with van der Waals surface area (Å²) in [5, 5.41) is 10.9. The molecule has 0 spiro atoms. The maximum atomic E-state index is 10.9. The van der Waals surface area contributed by atoms with Gasteiger partial charge in [0.25, 0.3) is 0 Å². The molecule has 0 heterocycles. The van der Waals surface area contributed by atoms with E-state index in [1.807, 2.05) is 0 Å². The number of ether oxygens (including phenoxy) is 1. The number of hydrogen-bond acceptors (Lipinski definition) is 2. The third kappa shape index (κ3) is 2.67. The van der Waals surface area contributed by atoms with E-state index in [4.69, 9.17) is 4.74 Å². The molecule has 3 unspecified atom stereocenters. The average Bonchev–Trinajstić information content (AvgIpc) is 2.44. The summed E-state index contributed by atoms with van der Waals surface area (Å²) in [5.74, 6) is 3.43. The van der Waals surface area contributed by atoms with E-state index in [1.165, 1.54) is 64.2 Å². The summed E-state index contributed by atoms with van der Waals surface area (Å²) in [4.78, 5) is 0. The summed E-state index contributed by atoms with van der Waals surface area (Å²) in [6.07, 6.45) is 13.6. The van der Waals surface area contributed by atoms with Crippen LogP contribution < -0.4 is 0 Å². The van der Waals surface area contributed by atoms with Crippen molar-refractivity contribution in [2.45, 2.75) is 83.3 Å². The van der Waals surface area contributed by atoms with Crippen molar-refractivity contribution < 1.29 is 9.84 Å². The molecule has 5 aliphatic rings. The molecule has 2 heteroatoms. The lowest BCUT2D eigenvalue weighted by Gasteiger charge is -2.58. The van der Waals surface area contributed by atoms with Crippen molar-refractivity contribution >= 4 is 0 Å². The molecule has 2 nitrogen and oxygen atoms in total. The molecule has 5 fully saturated rings. The van der Waals surface area contributed by atoms with Gasteiger partial charge in [0, 0.05) is 0 Å². The summed E-state index contributed by atoms with van der Waals surface area (Å²) in [6.45, 7) is 2.92. The minimum absolute atomic E-state index is 0.208. The molecule has 4 bridgehead atoms. The van der Waals surface area contributed by atoms with Crippen LogP contribution in [0.15, 0.2) is 0 Å². The molecule has 5 rings (SSSR count). The van der Waals surface area contributed by atoms with Crippen molar-refractivity contribution in [3.05, 3.63) is 0 Å². The van der Waals surface area contributed by atoms with E-state index in [1.54, 1.807) is 0 Å². The van der Waals surface area contributed by atoms with Crippen LogP contribution in [0.1, 0.15) is 71.1 Å². The topological polar surface area (TPSA) is 29.5 Å². The molecular formula is C19H32O2. The molecule has 0 aromatic heterocycles. The van der Waals surface area contributed by atoms with Gasteiger partial charge in [0.2, 0.25) is 0 Å². The van der Waals surface area contributed by atoms with Gasteiger partial charge in [0.05, 0.1) is 18.8 Å². The lowest BCUT2D eigenvalue weighted by Crippen LogP contribution is -2.53. The van der Waals surface area contributed by atoms with Crippen molar-refractivity contribution in [3.63, 3.8) is 0 Å². The molecule has 0 aromatic carbocycles. The maximum Gasteiger partial charge on any atom is 0.0830 e. The van der Waals surface area contributed by atoms with Crippen LogP contribution in [0.5, 0.6) is 0 Å². The molecule has 0 amide bonds. The van der Waals surface area contributed by atoms with Crippen molar-refractivity contribution in [3.8, 4) is 0 Å². The predicted octanol–water partition coefficient (Wildman–Crippen LogP) is 4.16. The van der Waals surface area contributed by atoms with Gasteiger partial charge in [-0.3, -0.25) is 0 Å². The molecule has 0 aliphatic heterocycles. The number of hydrogen-bond donors (Lipinski definition) is 1. The Morgan fingerprint density at radius 2 is 1.57 bits per heavy atom. The van der Waals surface area contributed by atoms with Crippen molar-refractivity contribution in [2.24, 2.45) is 29.1 Å². The zero-order chi connectivity index (χ0) is 14.4. The summed E-state index contributed by atoms with van der Waals surface area (Å²) in [6, 6.07) is 0. The van der Waals surface area contributed by atoms with Crippen molar-refractivity contribution in [1.29, 1.82) is 0 Å². The number of rotatable bonds is 4. The average molecular weight is 292 g/mol. The highest BCUT2D eigenvalue weighted by atomic mass is 16.5. The predicted molar refractivity (Wildman–Crippen MR) is 84.0 cm³/mol. The summed E-state index contributed by atoms with van der Waals surface area (Å²) in [7, 11) is 0. The second-order valence-corrected chi connectivity index (χ2v) is 8.93. The molecule has 0 radical (unpaired) electrons. The Morgan fingerprint density at radius 1 is 1.00 bits per heavy atom. The van der Waals surface area contributed by atoms with Crippen LogP contribution in [-0.4, -0.2) is 23.9 Å². The lowest BCUT2D eigenvalue weighted by atomic mass is 9.48. The molecule has 1 N–H and O–H groups in total.